The van der Waals surface area contributed by atoms with Gasteiger partial charge in [-0.3, -0.25) is 9.36 Å². The molecule has 3 heterocycles. The van der Waals surface area contributed by atoms with Gasteiger partial charge in [0, 0.05) is 35.4 Å². The smallest absolute Gasteiger partial charge is 0.255 e. The van der Waals surface area contributed by atoms with Crippen molar-refractivity contribution in [3.05, 3.63) is 92.6 Å². The lowest BCUT2D eigenvalue weighted by atomic mass is 10.0. The van der Waals surface area contributed by atoms with Crippen LogP contribution in [0.15, 0.2) is 53.5 Å². The van der Waals surface area contributed by atoms with E-state index in [0.717, 1.165) is 6.07 Å². The third kappa shape index (κ3) is 5.00. The third-order valence-electron chi connectivity index (χ3n) is 6.60. The zero-order chi connectivity index (χ0) is 26.5. The molecule has 0 saturated carbocycles. The number of sulfone groups is 1. The van der Waals surface area contributed by atoms with E-state index in [-0.39, 0.29) is 28.5 Å². The van der Waals surface area contributed by atoms with Gasteiger partial charge < -0.3 is 0 Å². The van der Waals surface area contributed by atoms with E-state index in [4.69, 9.17) is 4.98 Å². The Morgan fingerprint density at radius 2 is 1.62 bits per heavy atom. The Hall–Kier alpha value is -3.24. The molecule has 0 radical (unpaired) electrons. The molecular weight excluding hydrogens is 521 g/mol. The summed E-state index contributed by atoms with van der Waals surface area (Å²) < 4.78 is 67.8. The first kappa shape index (κ1) is 25.4. The van der Waals surface area contributed by atoms with Gasteiger partial charge in [-0.2, -0.15) is 0 Å². The molecule has 0 amide bonds. The monoisotopic (exact) mass is 544 g/mol. The highest BCUT2D eigenvalue weighted by Gasteiger charge is 2.29. The molecule has 5 rings (SSSR count). The fourth-order valence-corrected chi connectivity index (χ4v) is 7.56. The van der Waals surface area contributed by atoms with Gasteiger partial charge in [0.1, 0.15) is 27.3 Å². The Labute approximate surface area is 216 Å². The molecule has 37 heavy (non-hydrogen) atoms. The fraction of sp³-hybridized carbons (Fsp3) is 0.259. The molecule has 1 fully saturated rings. The summed E-state index contributed by atoms with van der Waals surface area (Å²) in [7, 11) is -3.08. The summed E-state index contributed by atoms with van der Waals surface area (Å²) in [5, 5.41) is 0.663. The summed E-state index contributed by atoms with van der Waals surface area (Å²) in [6, 6.07) is 8.97. The van der Waals surface area contributed by atoms with Gasteiger partial charge in [-0.15, -0.1) is 11.3 Å². The molecule has 1 saturated heterocycles. The van der Waals surface area contributed by atoms with Crippen LogP contribution >= 0.6 is 11.3 Å². The van der Waals surface area contributed by atoms with Crippen LogP contribution in [0.3, 0.4) is 0 Å². The minimum absolute atomic E-state index is 0.0564. The first-order chi connectivity index (χ1) is 17.5. The highest BCUT2D eigenvalue weighted by Crippen LogP contribution is 2.42. The Balaban J connectivity index is 1.68. The van der Waals surface area contributed by atoms with Crippen LogP contribution < -0.4 is 5.56 Å². The van der Waals surface area contributed by atoms with E-state index in [2.05, 4.69) is 0 Å². The predicted octanol–water partition coefficient (Wildman–Crippen LogP) is 5.95. The van der Waals surface area contributed by atoms with Gasteiger partial charge in [0.25, 0.3) is 5.56 Å². The van der Waals surface area contributed by atoms with Crippen LogP contribution in [0.25, 0.3) is 27.4 Å². The molecule has 0 bridgehead atoms. The van der Waals surface area contributed by atoms with E-state index in [1.807, 2.05) is 0 Å². The van der Waals surface area contributed by atoms with Crippen LogP contribution in [-0.4, -0.2) is 29.5 Å². The van der Waals surface area contributed by atoms with Gasteiger partial charge in [-0.1, -0.05) is 0 Å². The van der Waals surface area contributed by atoms with Gasteiger partial charge in [0.15, 0.2) is 0 Å². The maximum absolute atomic E-state index is 14.9. The van der Waals surface area contributed by atoms with Crippen LogP contribution in [0.5, 0.6) is 0 Å². The maximum atomic E-state index is 14.9. The number of aryl methyl sites for hydroxylation is 2. The normalized spacial score (nSPS) is 15.7. The molecule has 2 aromatic heterocycles. The van der Waals surface area contributed by atoms with Crippen molar-refractivity contribution in [2.45, 2.75) is 32.6 Å². The van der Waals surface area contributed by atoms with E-state index < -0.39 is 27.3 Å². The van der Waals surface area contributed by atoms with E-state index >= 15 is 0 Å². The Morgan fingerprint density at radius 3 is 2.27 bits per heavy atom. The van der Waals surface area contributed by atoms with Crippen molar-refractivity contribution in [2.24, 2.45) is 0 Å². The third-order valence-corrected chi connectivity index (χ3v) is 9.57. The minimum Gasteiger partial charge on any atom is -0.283 e. The summed E-state index contributed by atoms with van der Waals surface area (Å²) in [4.78, 5) is 18.1. The zero-order valence-corrected chi connectivity index (χ0v) is 21.7. The molecule has 192 valence electrons. The molecular formula is C27H23F3N2O3S2. The number of benzene rings is 2. The molecule has 4 aromatic rings. The lowest BCUT2D eigenvalue weighted by molar-refractivity contribution is 0.549. The number of nitrogens with zero attached hydrogens (tertiary/aromatic N) is 2. The van der Waals surface area contributed by atoms with Gasteiger partial charge in [0.2, 0.25) is 0 Å². The maximum Gasteiger partial charge on any atom is 0.255 e. The summed E-state index contributed by atoms with van der Waals surface area (Å²) in [5.41, 5.74) is 2.44. The number of rotatable bonds is 4. The second kappa shape index (κ2) is 9.57. The van der Waals surface area contributed by atoms with Crippen LogP contribution in [0.2, 0.25) is 0 Å². The fourth-order valence-electron chi connectivity index (χ4n) is 4.79. The van der Waals surface area contributed by atoms with Crippen molar-refractivity contribution in [3.8, 4) is 27.4 Å². The number of thiazole rings is 1. The molecule has 1 aliphatic heterocycles. The Morgan fingerprint density at radius 1 is 0.946 bits per heavy atom. The highest BCUT2D eigenvalue weighted by atomic mass is 32.2. The lowest BCUT2D eigenvalue weighted by Gasteiger charge is -2.19. The summed E-state index contributed by atoms with van der Waals surface area (Å²) >= 11 is 1.24. The Bertz CT molecular complexity index is 1660. The van der Waals surface area contributed by atoms with E-state index in [9.17, 15) is 26.4 Å². The van der Waals surface area contributed by atoms with Gasteiger partial charge in [0.05, 0.1) is 32.8 Å². The molecule has 5 nitrogen and oxygen atoms in total. The van der Waals surface area contributed by atoms with E-state index in [1.165, 1.54) is 46.2 Å². The lowest BCUT2D eigenvalue weighted by Crippen LogP contribution is -2.22. The molecule has 0 spiro atoms. The molecule has 10 heteroatoms. The number of hydrogen-bond acceptors (Lipinski definition) is 5. The SMILES string of the molecule is Cc1cc(F)cc(C)c1-n1cc(-c2nc(C3CCS(=O)(=O)CC3)sc2-c2ccc(F)cc2F)ccc1=O. The van der Waals surface area contributed by atoms with Crippen LogP contribution in [-0.2, 0) is 9.84 Å². The van der Waals surface area contributed by atoms with E-state index in [1.54, 1.807) is 26.1 Å². The molecule has 0 aliphatic carbocycles. The van der Waals surface area contributed by atoms with Crippen LogP contribution in [0, 0.1) is 31.3 Å². The van der Waals surface area contributed by atoms with Crippen molar-refractivity contribution < 1.29 is 21.6 Å². The number of aromatic nitrogens is 2. The second-order valence-corrected chi connectivity index (χ2v) is 12.6. The Kier molecular flexibility index (Phi) is 6.57. The first-order valence-electron chi connectivity index (χ1n) is 11.7. The van der Waals surface area contributed by atoms with Gasteiger partial charge in [-0.05, 0) is 68.1 Å². The predicted molar refractivity (Wildman–Crippen MR) is 139 cm³/mol. The molecule has 1 aliphatic rings. The van der Waals surface area contributed by atoms with Crippen LogP contribution in [0.1, 0.15) is 34.9 Å². The van der Waals surface area contributed by atoms with Gasteiger partial charge in [-0.25, -0.2) is 26.6 Å². The quantitative estimate of drug-likeness (QED) is 0.318. The average Bonchev–Trinajstić information content (AvgIpc) is 3.24. The second-order valence-electron chi connectivity index (χ2n) is 9.29. The molecule has 0 atom stereocenters. The summed E-state index contributed by atoms with van der Waals surface area (Å²) in [6.07, 6.45) is 2.41. The van der Waals surface area contributed by atoms with E-state index in [0.29, 0.717) is 50.8 Å². The first-order valence-corrected chi connectivity index (χ1v) is 14.3. The van der Waals surface area contributed by atoms with Crippen molar-refractivity contribution in [3.63, 3.8) is 0 Å². The standard InChI is InChI=1S/C27H23F3N2O3S2/c1-15-11-20(29)12-16(2)25(15)32-14-18(3-6-23(32)33)24-26(21-5-4-19(28)13-22(21)30)36-27(31-24)17-7-9-37(34,35)10-8-17/h3-6,11-14,17H,7-10H2,1-2H3. The molecule has 0 N–H and O–H groups in total. The van der Waals surface area contributed by atoms with Crippen molar-refractivity contribution >= 4 is 21.2 Å². The topological polar surface area (TPSA) is 69.0 Å². The average molecular weight is 545 g/mol. The molecule has 2 aromatic carbocycles. The summed E-state index contributed by atoms with van der Waals surface area (Å²) in [5.74, 6) is -1.86. The summed E-state index contributed by atoms with van der Waals surface area (Å²) in [6.45, 7) is 3.42. The highest BCUT2D eigenvalue weighted by molar-refractivity contribution is 7.91. The van der Waals surface area contributed by atoms with Gasteiger partial charge >= 0.3 is 0 Å². The minimum atomic E-state index is -3.08. The number of halogens is 3. The van der Waals surface area contributed by atoms with Crippen LogP contribution in [0.4, 0.5) is 13.2 Å². The van der Waals surface area contributed by atoms with Crippen molar-refractivity contribution in [1.29, 1.82) is 0 Å². The largest absolute Gasteiger partial charge is 0.283 e. The molecule has 0 unspecified atom stereocenters. The number of pyridine rings is 1. The van der Waals surface area contributed by atoms with Crippen molar-refractivity contribution in [1.82, 2.24) is 9.55 Å². The number of hydrogen-bond donors (Lipinski definition) is 0. The zero-order valence-electron chi connectivity index (χ0n) is 20.1. The van der Waals surface area contributed by atoms with Crippen molar-refractivity contribution in [2.75, 3.05) is 11.5 Å².